The molecule has 0 aliphatic rings. The van der Waals surface area contributed by atoms with Crippen LogP contribution >= 0.6 is 0 Å². The number of anilines is 3. The average molecular weight is 627 g/mol. The van der Waals surface area contributed by atoms with Crippen LogP contribution in [0.2, 0.25) is 0 Å². The van der Waals surface area contributed by atoms with Gasteiger partial charge in [0, 0.05) is 50.4 Å². The van der Waals surface area contributed by atoms with E-state index in [1.165, 1.54) is 43.7 Å². The largest absolute Gasteiger partial charge is 0.456 e. The van der Waals surface area contributed by atoms with E-state index in [1.54, 1.807) is 0 Å². The van der Waals surface area contributed by atoms with Crippen molar-refractivity contribution in [2.75, 3.05) is 4.90 Å². The number of benzene rings is 8. The van der Waals surface area contributed by atoms with Gasteiger partial charge in [0.15, 0.2) is 0 Å². The fourth-order valence-electron chi connectivity index (χ4n) is 7.42. The molecule has 0 saturated carbocycles. The number of furan rings is 1. The second kappa shape index (κ2) is 11.0. The van der Waals surface area contributed by atoms with Crippen LogP contribution in [-0.2, 0) is 0 Å². The molecule has 0 aliphatic heterocycles. The Hall–Kier alpha value is -6.58. The van der Waals surface area contributed by atoms with Crippen LogP contribution in [0.5, 0.6) is 0 Å². The van der Waals surface area contributed by atoms with Crippen molar-refractivity contribution in [2.45, 2.75) is 0 Å². The Morgan fingerprint density at radius 3 is 1.84 bits per heavy atom. The van der Waals surface area contributed by atoms with Crippen molar-refractivity contribution in [3.8, 4) is 16.8 Å². The minimum absolute atomic E-state index is 0.870. The normalized spacial score (nSPS) is 11.7. The van der Waals surface area contributed by atoms with Crippen molar-refractivity contribution in [1.82, 2.24) is 4.57 Å². The minimum atomic E-state index is 0.870. The zero-order valence-electron chi connectivity index (χ0n) is 26.6. The van der Waals surface area contributed by atoms with Gasteiger partial charge in [0.1, 0.15) is 11.2 Å². The topological polar surface area (TPSA) is 21.3 Å². The second-order valence-electron chi connectivity index (χ2n) is 12.6. The maximum absolute atomic E-state index is 6.56. The van der Waals surface area contributed by atoms with Crippen molar-refractivity contribution in [3.63, 3.8) is 0 Å². The minimum Gasteiger partial charge on any atom is -0.456 e. The summed E-state index contributed by atoms with van der Waals surface area (Å²) in [7, 11) is 0. The summed E-state index contributed by atoms with van der Waals surface area (Å²) in [5, 5.41) is 7.16. The summed E-state index contributed by atoms with van der Waals surface area (Å²) >= 11 is 0. The highest BCUT2D eigenvalue weighted by Crippen LogP contribution is 2.41. The number of fused-ring (bicyclic) bond motifs is 7. The van der Waals surface area contributed by atoms with Gasteiger partial charge in [0.2, 0.25) is 0 Å². The van der Waals surface area contributed by atoms with Crippen molar-refractivity contribution in [1.29, 1.82) is 0 Å². The highest BCUT2D eigenvalue weighted by Gasteiger charge is 2.18. The molecule has 0 amide bonds. The lowest BCUT2D eigenvalue weighted by atomic mass is 10.0. The van der Waals surface area contributed by atoms with Crippen molar-refractivity contribution >= 4 is 71.6 Å². The highest BCUT2D eigenvalue weighted by atomic mass is 16.3. The Labute approximate surface area is 283 Å². The molecule has 0 N–H and O–H groups in total. The molecule has 0 atom stereocenters. The van der Waals surface area contributed by atoms with E-state index in [4.69, 9.17) is 4.42 Å². The van der Waals surface area contributed by atoms with Crippen LogP contribution in [0.1, 0.15) is 0 Å². The van der Waals surface area contributed by atoms with E-state index in [9.17, 15) is 0 Å². The van der Waals surface area contributed by atoms with Gasteiger partial charge in [0.25, 0.3) is 0 Å². The third kappa shape index (κ3) is 4.51. The van der Waals surface area contributed by atoms with Gasteiger partial charge in [-0.2, -0.15) is 0 Å². The van der Waals surface area contributed by atoms with Crippen LogP contribution in [0.15, 0.2) is 186 Å². The molecule has 230 valence electrons. The summed E-state index contributed by atoms with van der Waals surface area (Å²) in [5.41, 5.74) is 10.9. The van der Waals surface area contributed by atoms with E-state index in [0.717, 1.165) is 44.7 Å². The number of para-hydroxylation sites is 2. The van der Waals surface area contributed by atoms with Gasteiger partial charge < -0.3 is 13.9 Å². The highest BCUT2D eigenvalue weighted by molar-refractivity contribution is 6.14. The maximum Gasteiger partial charge on any atom is 0.137 e. The molecule has 0 fully saturated rings. The first-order valence-electron chi connectivity index (χ1n) is 16.7. The maximum atomic E-state index is 6.56. The van der Waals surface area contributed by atoms with Gasteiger partial charge in [0.05, 0.1) is 11.0 Å². The fraction of sp³-hybridized carbons (Fsp3) is 0. The zero-order valence-corrected chi connectivity index (χ0v) is 26.6. The first kappa shape index (κ1) is 27.5. The van der Waals surface area contributed by atoms with E-state index in [0.29, 0.717) is 0 Å². The van der Waals surface area contributed by atoms with Crippen molar-refractivity contribution < 1.29 is 4.42 Å². The number of aromatic nitrogens is 1. The summed E-state index contributed by atoms with van der Waals surface area (Å²) in [6.07, 6.45) is 0. The Balaban J connectivity index is 1.11. The molecule has 0 saturated heterocycles. The molecule has 0 spiro atoms. The van der Waals surface area contributed by atoms with Crippen molar-refractivity contribution in [2.24, 2.45) is 0 Å². The molecule has 0 aliphatic carbocycles. The molecule has 3 nitrogen and oxygen atoms in total. The summed E-state index contributed by atoms with van der Waals surface area (Å²) in [6.45, 7) is 0. The van der Waals surface area contributed by atoms with Gasteiger partial charge in [-0.1, -0.05) is 103 Å². The third-order valence-electron chi connectivity index (χ3n) is 9.74. The van der Waals surface area contributed by atoms with Crippen LogP contribution < -0.4 is 4.90 Å². The Kier molecular flexibility index (Phi) is 6.18. The zero-order chi connectivity index (χ0) is 32.3. The Morgan fingerprint density at radius 1 is 0.367 bits per heavy atom. The molecular weight excluding hydrogens is 597 g/mol. The molecule has 8 aromatic carbocycles. The van der Waals surface area contributed by atoms with Crippen LogP contribution in [0.3, 0.4) is 0 Å². The molecule has 0 bridgehead atoms. The molecule has 2 heterocycles. The van der Waals surface area contributed by atoms with Gasteiger partial charge in [-0.15, -0.1) is 0 Å². The van der Waals surface area contributed by atoms with Gasteiger partial charge in [-0.05, 0) is 94.7 Å². The van der Waals surface area contributed by atoms with Crippen LogP contribution in [0.25, 0.3) is 71.3 Å². The van der Waals surface area contributed by atoms with E-state index in [1.807, 2.05) is 0 Å². The predicted molar refractivity (Wildman–Crippen MR) is 206 cm³/mol. The quantitative estimate of drug-likeness (QED) is 0.190. The average Bonchev–Trinajstić information content (AvgIpc) is 3.69. The van der Waals surface area contributed by atoms with Gasteiger partial charge in [-0.3, -0.25) is 0 Å². The molecule has 0 unspecified atom stereocenters. The van der Waals surface area contributed by atoms with Crippen LogP contribution in [0, 0.1) is 0 Å². The summed E-state index contributed by atoms with van der Waals surface area (Å²) in [4.78, 5) is 2.31. The predicted octanol–water partition coefficient (Wildman–Crippen LogP) is 13.0. The summed E-state index contributed by atoms with van der Waals surface area (Å²) in [5.74, 6) is 0. The molecule has 0 radical (unpaired) electrons. The van der Waals surface area contributed by atoms with Crippen molar-refractivity contribution in [3.05, 3.63) is 182 Å². The van der Waals surface area contributed by atoms with E-state index in [-0.39, 0.29) is 0 Å². The lowest BCUT2D eigenvalue weighted by Crippen LogP contribution is -2.09. The van der Waals surface area contributed by atoms with Gasteiger partial charge in [-0.25, -0.2) is 0 Å². The Morgan fingerprint density at radius 2 is 1.02 bits per heavy atom. The first-order valence-corrected chi connectivity index (χ1v) is 16.7. The van der Waals surface area contributed by atoms with E-state index < -0.39 is 0 Å². The SMILES string of the molecule is c1ccc(-c2ccc(N(c3ccccc3)c3ccc4oc5cc(-n6c7ccccc7c7cc8ccccc8cc76)ccc5c4c3)cc2)cc1. The van der Waals surface area contributed by atoms with E-state index >= 15 is 0 Å². The number of hydrogen-bond donors (Lipinski definition) is 0. The second-order valence-corrected chi connectivity index (χ2v) is 12.6. The molecule has 49 heavy (non-hydrogen) atoms. The standard InChI is InChI=1S/C46H30N2O/c1-3-11-31(12-4-1)32-19-21-36(22-20-32)47(35-15-5-2-6-16-35)37-24-26-45-42(29-37)40-25-23-38(30-46(40)49-45)48-43-18-10-9-17-39(43)41-27-33-13-7-8-14-34(33)28-44(41)48/h1-30H. The van der Waals surface area contributed by atoms with E-state index in [2.05, 4.69) is 191 Å². The molecule has 10 rings (SSSR count). The monoisotopic (exact) mass is 626 g/mol. The van der Waals surface area contributed by atoms with Crippen LogP contribution in [-0.4, -0.2) is 4.57 Å². The van der Waals surface area contributed by atoms with Crippen LogP contribution in [0.4, 0.5) is 17.1 Å². The Bertz CT molecular complexity index is 2810. The number of rotatable bonds is 5. The summed E-state index contributed by atoms with van der Waals surface area (Å²) < 4.78 is 8.93. The molecule has 2 aromatic heterocycles. The lowest BCUT2D eigenvalue weighted by Gasteiger charge is -2.25. The summed E-state index contributed by atoms with van der Waals surface area (Å²) in [6, 6.07) is 64.9. The molecular formula is C46H30N2O. The first-order chi connectivity index (χ1) is 24.3. The molecule has 10 aromatic rings. The number of hydrogen-bond acceptors (Lipinski definition) is 2. The molecule has 3 heteroatoms. The lowest BCUT2D eigenvalue weighted by molar-refractivity contribution is 0.668. The van der Waals surface area contributed by atoms with Gasteiger partial charge >= 0.3 is 0 Å². The third-order valence-corrected chi connectivity index (χ3v) is 9.74. The number of nitrogens with zero attached hydrogens (tertiary/aromatic N) is 2. The smallest absolute Gasteiger partial charge is 0.137 e. The fourth-order valence-corrected chi connectivity index (χ4v) is 7.42.